The largest absolute Gasteiger partial charge is 0.490 e. The molecule has 0 radical (unpaired) electrons. The summed E-state index contributed by atoms with van der Waals surface area (Å²) in [7, 11) is -3.83. The van der Waals surface area contributed by atoms with Crippen LogP contribution >= 0.6 is 0 Å². The Balaban J connectivity index is 1.48. The van der Waals surface area contributed by atoms with E-state index in [0.29, 0.717) is 31.1 Å². The predicted molar refractivity (Wildman–Crippen MR) is 98.6 cm³/mol. The topological polar surface area (TPSA) is 120 Å². The first kappa shape index (κ1) is 20.4. The molecular formula is C18H24N2O7S. The number of nitrogens with one attached hydrogen (secondary N) is 2. The zero-order valence-electron chi connectivity index (χ0n) is 15.6. The highest BCUT2D eigenvalue weighted by molar-refractivity contribution is 7.89. The van der Waals surface area contributed by atoms with E-state index in [1.165, 1.54) is 19.1 Å². The number of carbonyl (C=O) groups is 2. The van der Waals surface area contributed by atoms with Gasteiger partial charge in [0, 0.05) is 25.1 Å². The Morgan fingerprint density at radius 2 is 1.93 bits per heavy atom. The van der Waals surface area contributed by atoms with Crippen molar-refractivity contribution in [2.24, 2.45) is 0 Å². The Kier molecular flexibility index (Phi) is 6.40. The Morgan fingerprint density at radius 3 is 2.64 bits per heavy atom. The Morgan fingerprint density at radius 1 is 1.21 bits per heavy atom. The van der Waals surface area contributed by atoms with E-state index in [-0.39, 0.29) is 29.8 Å². The number of hydrogen-bond acceptors (Lipinski definition) is 7. The SMILES string of the molecule is C[C@H](OC(=O)CCNS(=O)(=O)c1ccc2c(c1)OCCCO2)C(=O)NC1CC1. The summed E-state index contributed by atoms with van der Waals surface area (Å²) in [5.41, 5.74) is 0. The summed E-state index contributed by atoms with van der Waals surface area (Å²) < 4.78 is 43.2. The number of amides is 1. The van der Waals surface area contributed by atoms with Crippen molar-refractivity contribution in [2.75, 3.05) is 19.8 Å². The van der Waals surface area contributed by atoms with Gasteiger partial charge in [0.1, 0.15) is 0 Å². The highest BCUT2D eigenvalue weighted by atomic mass is 32.2. The van der Waals surface area contributed by atoms with Crippen molar-refractivity contribution in [2.45, 2.75) is 49.6 Å². The molecule has 1 heterocycles. The van der Waals surface area contributed by atoms with E-state index in [2.05, 4.69) is 10.0 Å². The number of hydrogen-bond donors (Lipinski definition) is 2. The summed E-state index contributed by atoms with van der Waals surface area (Å²) in [5.74, 6) is -0.128. The lowest BCUT2D eigenvalue weighted by molar-refractivity contribution is -0.154. The van der Waals surface area contributed by atoms with Gasteiger partial charge in [-0.1, -0.05) is 0 Å². The lowest BCUT2D eigenvalue weighted by Crippen LogP contribution is -2.37. The fourth-order valence-electron chi connectivity index (χ4n) is 2.54. The minimum absolute atomic E-state index is 0.0160. The van der Waals surface area contributed by atoms with Crippen molar-refractivity contribution in [3.05, 3.63) is 18.2 Å². The molecule has 1 atom stereocenters. The molecule has 0 spiro atoms. The van der Waals surface area contributed by atoms with Gasteiger partial charge in [0.2, 0.25) is 10.0 Å². The van der Waals surface area contributed by atoms with Crippen LogP contribution in [0.15, 0.2) is 23.1 Å². The number of esters is 1. The third-order valence-electron chi connectivity index (χ3n) is 4.25. The van der Waals surface area contributed by atoms with Gasteiger partial charge in [-0.3, -0.25) is 9.59 Å². The normalized spacial score (nSPS) is 17.3. The molecule has 1 aliphatic heterocycles. The van der Waals surface area contributed by atoms with Crippen LogP contribution in [0, 0.1) is 0 Å². The third kappa shape index (κ3) is 5.59. The van der Waals surface area contributed by atoms with Gasteiger partial charge in [0.15, 0.2) is 17.6 Å². The van der Waals surface area contributed by atoms with Crippen LogP contribution in [0.1, 0.15) is 32.6 Å². The molecule has 2 aliphatic rings. The second-order valence-electron chi connectivity index (χ2n) is 6.72. The molecule has 9 nitrogen and oxygen atoms in total. The minimum Gasteiger partial charge on any atom is -0.490 e. The van der Waals surface area contributed by atoms with Gasteiger partial charge in [0.05, 0.1) is 24.5 Å². The maximum Gasteiger partial charge on any atom is 0.307 e. The van der Waals surface area contributed by atoms with Crippen molar-refractivity contribution >= 4 is 21.9 Å². The second kappa shape index (κ2) is 8.78. The number of rotatable bonds is 8. The van der Waals surface area contributed by atoms with Gasteiger partial charge in [-0.2, -0.15) is 0 Å². The van der Waals surface area contributed by atoms with Gasteiger partial charge in [-0.15, -0.1) is 0 Å². The quantitative estimate of drug-likeness (QED) is 0.604. The van der Waals surface area contributed by atoms with Gasteiger partial charge in [0.25, 0.3) is 5.91 Å². The number of fused-ring (bicyclic) bond motifs is 1. The molecule has 1 aromatic carbocycles. The zero-order chi connectivity index (χ0) is 20.1. The third-order valence-corrected chi connectivity index (χ3v) is 5.71. The smallest absolute Gasteiger partial charge is 0.307 e. The van der Waals surface area contributed by atoms with E-state index in [0.717, 1.165) is 12.8 Å². The van der Waals surface area contributed by atoms with Crippen LogP contribution in [0.3, 0.4) is 0 Å². The van der Waals surface area contributed by atoms with Crippen LogP contribution < -0.4 is 19.5 Å². The summed E-state index contributed by atoms with van der Waals surface area (Å²) in [4.78, 5) is 23.6. The van der Waals surface area contributed by atoms with Crippen LogP contribution in [-0.4, -0.2) is 52.2 Å². The summed E-state index contributed by atoms with van der Waals surface area (Å²) in [6.07, 6.45) is 1.49. The van der Waals surface area contributed by atoms with E-state index in [1.807, 2.05) is 0 Å². The van der Waals surface area contributed by atoms with E-state index in [4.69, 9.17) is 14.2 Å². The van der Waals surface area contributed by atoms with E-state index in [1.54, 1.807) is 6.07 Å². The van der Waals surface area contributed by atoms with Crippen molar-refractivity contribution in [1.29, 1.82) is 0 Å². The first-order chi connectivity index (χ1) is 13.3. The highest BCUT2D eigenvalue weighted by Crippen LogP contribution is 2.31. The molecule has 1 amide bonds. The van der Waals surface area contributed by atoms with Crippen LogP contribution in [0.5, 0.6) is 11.5 Å². The number of carbonyl (C=O) groups excluding carboxylic acids is 2. The van der Waals surface area contributed by atoms with Crippen LogP contribution in [0.2, 0.25) is 0 Å². The molecule has 1 aliphatic carbocycles. The lowest BCUT2D eigenvalue weighted by Gasteiger charge is -2.13. The lowest BCUT2D eigenvalue weighted by atomic mass is 10.3. The number of benzene rings is 1. The number of sulfonamides is 1. The maximum atomic E-state index is 12.4. The van der Waals surface area contributed by atoms with Crippen LogP contribution in [0.4, 0.5) is 0 Å². The Hall–Kier alpha value is -2.33. The zero-order valence-corrected chi connectivity index (χ0v) is 16.4. The minimum atomic E-state index is -3.83. The Labute approximate surface area is 163 Å². The molecule has 0 aromatic heterocycles. The number of ether oxygens (including phenoxy) is 3. The van der Waals surface area contributed by atoms with Crippen LogP contribution in [0.25, 0.3) is 0 Å². The summed E-state index contributed by atoms with van der Waals surface area (Å²) in [6.45, 7) is 2.29. The molecule has 0 bridgehead atoms. The van der Waals surface area contributed by atoms with E-state index >= 15 is 0 Å². The molecule has 0 unspecified atom stereocenters. The fraction of sp³-hybridized carbons (Fsp3) is 0.556. The van der Waals surface area contributed by atoms with Gasteiger partial charge in [-0.05, 0) is 31.9 Å². The maximum absolute atomic E-state index is 12.4. The first-order valence-corrected chi connectivity index (χ1v) is 10.7. The van der Waals surface area contributed by atoms with Crippen molar-refractivity contribution in [3.8, 4) is 11.5 Å². The average Bonchev–Trinajstić information content (AvgIpc) is 3.47. The molecule has 154 valence electrons. The molecule has 0 saturated heterocycles. The summed E-state index contributed by atoms with van der Waals surface area (Å²) >= 11 is 0. The van der Waals surface area contributed by atoms with Crippen molar-refractivity contribution in [3.63, 3.8) is 0 Å². The Bertz CT molecular complexity index is 836. The first-order valence-electron chi connectivity index (χ1n) is 9.24. The van der Waals surface area contributed by atoms with E-state index in [9.17, 15) is 18.0 Å². The molecular weight excluding hydrogens is 388 g/mol. The molecule has 1 fully saturated rings. The van der Waals surface area contributed by atoms with Crippen LogP contribution in [-0.2, 0) is 24.3 Å². The van der Waals surface area contributed by atoms with Crippen molar-refractivity contribution < 1.29 is 32.2 Å². The van der Waals surface area contributed by atoms with Gasteiger partial charge < -0.3 is 19.5 Å². The molecule has 28 heavy (non-hydrogen) atoms. The van der Waals surface area contributed by atoms with Crippen molar-refractivity contribution in [1.82, 2.24) is 10.0 Å². The van der Waals surface area contributed by atoms with E-state index < -0.39 is 22.1 Å². The monoisotopic (exact) mass is 412 g/mol. The highest BCUT2D eigenvalue weighted by Gasteiger charge is 2.27. The second-order valence-corrected chi connectivity index (χ2v) is 8.49. The van der Waals surface area contributed by atoms with Gasteiger partial charge in [-0.25, -0.2) is 13.1 Å². The summed E-state index contributed by atoms with van der Waals surface area (Å²) in [5, 5.41) is 2.74. The molecule has 1 saturated carbocycles. The van der Waals surface area contributed by atoms with Gasteiger partial charge >= 0.3 is 5.97 Å². The standard InChI is InChI=1S/C18H24N2O7S/c1-12(18(22)20-13-3-4-13)27-17(21)7-8-19-28(23,24)14-5-6-15-16(11-14)26-10-2-9-25-15/h5-6,11-13,19H,2-4,7-10H2,1H3,(H,20,22)/t12-/m0/s1. The fourth-order valence-corrected chi connectivity index (χ4v) is 3.58. The molecule has 3 rings (SSSR count). The average molecular weight is 412 g/mol. The predicted octanol–water partition coefficient (Wildman–Crippen LogP) is 0.727. The molecule has 1 aromatic rings. The molecule has 2 N–H and O–H groups in total. The summed E-state index contributed by atoms with van der Waals surface area (Å²) in [6, 6.07) is 4.53. The molecule has 10 heteroatoms.